The molecule has 1 heterocycles. The second-order valence-corrected chi connectivity index (χ2v) is 6.81. The second-order valence-electron chi connectivity index (χ2n) is 4.35. The highest BCUT2D eigenvalue weighted by Gasteiger charge is 2.16. The largest absolute Gasteiger partial charge is 0.494 e. The maximum atomic E-state index is 12.4. The molecule has 0 radical (unpaired) electrons. The molecule has 0 aliphatic heterocycles. The number of anilines is 1. The number of benzene rings is 1. The van der Waals surface area contributed by atoms with E-state index >= 15 is 0 Å². The molecule has 2 rings (SSSR count). The van der Waals surface area contributed by atoms with Gasteiger partial charge in [0, 0.05) is 17.5 Å². The number of sulfonamides is 1. The minimum absolute atomic E-state index is 0.224. The molecule has 114 valence electrons. The van der Waals surface area contributed by atoms with Crippen molar-refractivity contribution < 1.29 is 13.2 Å². The Morgan fingerprint density at radius 3 is 2.71 bits per heavy atom. The van der Waals surface area contributed by atoms with Crippen LogP contribution in [0.3, 0.4) is 0 Å². The molecule has 0 amide bonds. The predicted octanol–water partition coefficient (Wildman–Crippen LogP) is 2.67. The molecular weight excluding hydrogens is 308 g/mol. The molecule has 0 atom stereocenters. The van der Waals surface area contributed by atoms with Crippen LogP contribution in [-0.4, -0.2) is 22.1 Å². The molecule has 1 aromatic carbocycles. The van der Waals surface area contributed by atoms with Crippen molar-refractivity contribution in [3.63, 3.8) is 0 Å². The van der Waals surface area contributed by atoms with Gasteiger partial charge in [-0.15, -0.1) is 0 Å². The molecule has 0 fully saturated rings. The topological polar surface area (TPSA) is 67.4 Å². The third-order valence-corrected chi connectivity index (χ3v) is 4.84. The molecule has 2 N–H and O–H groups in total. The van der Waals surface area contributed by atoms with Crippen LogP contribution in [0.5, 0.6) is 5.75 Å². The number of nitrogens with one attached hydrogen (secondary N) is 2. The minimum Gasteiger partial charge on any atom is -0.494 e. The molecule has 0 bridgehead atoms. The van der Waals surface area contributed by atoms with Crippen LogP contribution in [-0.2, 0) is 16.6 Å². The second kappa shape index (κ2) is 6.93. The van der Waals surface area contributed by atoms with E-state index in [1.165, 1.54) is 11.3 Å². The fourth-order valence-corrected chi connectivity index (χ4v) is 3.65. The number of ether oxygens (including phenoxy) is 1. The van der Waals surface area contributed by atoms with Crippen LogP contribution in [0.1, 0.15) is 12.5 Å². The lowest BCUT2D eigenvalue weighted by atomic mass is 10.2. The molecule has 2 aromatic rings. The van der Waals surface area contributed by atoms with E-state index < -0.39 is 10.0 Å². The van der Waals surface area contributed by atoms with Crippen LogP contribution in [0.15, 0.2) is 39.9 Å². The lowest BCUT2D eigenvalue weighted by Crippen LogP contribution is -2.14. The Hall–Kier alpha value is -1.57. The van der Waals surface area contributed by atoms with Gasteiger partial charge >= 0.3 is 0 Å². The standard InChI is InChI=1S/C14H18N2O3S2/c1-3-19-14-5-4-13(8-11(14)9-15-2)21(17,18)16-12-6-7-20-10-12/h4-8,10,15-16H,3,9H2,1-2H3. The Morgan fingerprint density at radius 1 is 1.29 bits per heavy atom. The minimum atomic E-state index is -3.58. The molecule has 0 saturated heterocycles. The smallest absolute Gasteiger partial charge is 0.261 e. The van der Waals surface area contributed by atoms with Gasteiger partial charge in [0.05, 0.1) is 17.2 Å². The van der Waals surface area contributed by atoms with Gasteiger partial charge in [0.15, 0.2) is 0 Å². The van der Waals surface area contributed by atoms with Gasteiger partial charge in [-0.2, -0.15) is 11.3 Å². The number of hydrogen-bond acceptors (Lipinski definition) is 5. The summed E-state index contributed by atoms with van der Waals surface area (Å²) >= 11 is 1.44. The Bertz CT molecular complexity index is 682. The normalized spacial score (nSPS) is 11.3. The Kier molecular flexibility index (Phi) is 5.22. The highest BCUT2D eigenvalue weighted by molar-refractivity contribution is 7.92. The van der Waals surface area contributed by atoms with Crippen LogP contribution in [0.2, 0.25) is 0 Å². The third-order valence-electron chi connectivity index (χ3n) is 2.78. The molecule has 0 aliphatic rings. The quantitative estimate of drug-likeness (QED) is 0.821. The lowest BCUT2D eigenvalue weighted by Gasteiger charge is -2.13. The summed E-state index contributed by atoms with van der Waals surface area (Å²) in [7, 11) is -1.78. The number of hydrogen-bond donors (Lipinski definition) is 2. The van der Waals surface area contributed by atoms with Crippen LogP contribution in [0.25, 0.3) is 0 Å². The maximum absolute atomic E-state index is 12.4. The lowest BCUT2D eigenvalue weighted by molar-refractivity contribution is 0.335. The SMILES string of the molecule is CCOc1ccc(S(=O)(=O)Nc2ccsc2)cc1CNC. The van der Waals surface area contributed by atoms with Crippen molar-refractivity contribution in [2.45, 2.75) is 18.4 Å². The Labute approximate surface area is 129 Å². The van der Waals surface area contributed by atoms with Gasteiger partial charge in [0.1, 0.15) is 5.75 Å². The molecule has 21 heavy (non-hydrogen) atoms. The third kappa shape index (κ3) is 3.96. The number of rotatable bonds is 7. The van der Waals surface area contributed by atoms with Gasteiger partial charge in [-0.1, -0.05) is 0 Å². The van der Waals surface area contributed by atoms with Crippen molar-refractivity contribution in [2.75, 3.05) is 18.4 Å². The highest BCUT2D eigenvalue weighted by Crippen LogP contribution is 2.25. The van der Waals surface area contributed by atoms with Crippen LogP contribution >= 0.6 is 11.3 Å². The summed E-state index contributed by atoms with van der Waals surface area (Å²) in [6, 6.07) is 6.61. The first-order valence-electron chi connectivity index (χ1n) is 6.52. The molecule has 0 aliphatic carbocycles. The predicted molar refractivity (Wildman–Crippen MR) is 85.5 cm³/mol. The monoisotopic (exact) mass is 326 g/mol. The van der Waals surface area contributed by atoms with E-state index in [9.17, 15) is 8.42 Å². The first-order valence-corrected chi connectivity index (χ1v) is 8.94. The van der Waals surface area contributed by atoms with Crippen LogP contribution in [0.4, 0.5) is 5.69 Å². The number of thiophene rings is 1. The summed E-state index contributed by atoms with van der Waals surface area (Å²) in [5.41, 5.74) is 1.39. The summed E-state index contributed by atoms with van der Waals surface area (Å²) in [4.78, 5) is 0.224. The maximum Gasteiger partial charge on any atom is 0.261 e. The van der Waals surface area contributed by atoms with Crippen LogP contribution in [0, 0.1) is 0 Å². The van der Waals surface area contributed by atoms with Gasteiger partial charge in [-0.25, -0.2) is 8.42 Å². The first kappa shape index (κ1) is 15.8. The zero-order valence-electron chi connectivity index (χ0n) is 11.9. The summed E-state index contributed by atoms with van der Waals surface area (Å²) in [6.07, 6.45) is 0. The van der Waals surface area contributed by atoms with Crippen molar-refractivity contribution in [2.24, 2.45) is 0 Å². The summed E-state index contributed by atoms with van der Waals surface area (Å²) in [6.45, 7) is 2.97. The van der Waals surface area contributed by atoms with E-state index in [-0.39, 0.29) is 4.90 Å². The fraction of sp³-hybridized carbons (Fsp3) is 0.286. The van der Waals surface area contributed by atoms with Gasteiger partial charge in [-0.3, -0.25) is 4.72 Å². The van der Waals surface area contributed by atoms with E-state index in [4.69, 9.17) is 4.74 Å². The Morgan fingerprint density at radius 2 is 2.10 bits per heavy atom. The molecule has 0 spiro atoms. The zero-order valence-corrected chi connectivity index (χ0v) is 13.6. The van der Waals surface area contributed by atoms with Crippen molar-refractivity contribution in [3.8, 4) is 5.75 Å². The first-order chi connectivity index (χ1) is 10.1. The summed E-state index contributed by atoms with van der Waals surface area (Å²) in [5, 5.41) is 6.59. The summed E-state index contributed by atoms with van der Waals surface area (Å²) in [5.74, 6) is 0.696. The molecule has 0 saturated carbocycles. The van der Waals surface area contributed by atoms with Crippen molar-refractivity contribution in [3.05, 3.63) is 40.6 Å². The van der Waals surface area contributed by atoms with Gasteiger partial charge in [0.25, 0.3) is 10.0 Å². The van der Waals surface area contributed by atoms with Crippen molar-refractivity contribution in [1.82, 2.24) is 5.32 Å². The van der Waals surface area contributed by atoms with E-state index in [1.54, 1.807) is 36.7 Å². The van der Waals surface area contributed by atoms with E-state index in [0.29, 0.717) is 24.6 Å². The van der Waals surface area contributed by atoms with Gasteiger partial charge in [0.2, 0.25) is 0 Å². The highest BCUT2D eigenvalue weighted by atomic mass is 32.2. The fourth-order valence-electron chi connectivity index (χ4n) is 1.88. The Balaban J connectivity index is 2.32. The van der Waals surface area contributed by atoms with Crippen molar-refractivity contribution in [1.29, 1.82) is 0 Å². The average molecular weight is 326 g/mol. The van der Waals surface area contributed by atoms with E-state index in [2.05, 4.69) is 10.0 Å². The van der Waals surface area contributed by atoms with E-state index in [0.717, 1.165) is 5.56 Å². The molecule has 0 unspecified atom stereocenters. The molecule has 7 heteroatoms. The molecule has 5 nitrogen and oxygen atoms in total. The van der Waals surface area contributed by atoms with Gasteiger partial charge in [-0.05, 0) is 43.6 Å². The summed E-state index contributed by atoms with van der Waals surface area (Å²) < 4.78 is 32.8. The molecule has 1 aromatic heterocycles. The zero-order chi connectivity index (χ0) is 15.3. The van der Waals surface area contributed by atoms with Crippen molar-refractivity contribution >= 4 is 27.0 Å². The molecular formula is C14H18N2O3S2. The average Bonchev–Trinajstić information content (AvgIpc) is 2.93. The van der Waals surface area contributed by atoms with E-state index in [1.807, 2.05) is 12.3 Å². The van der Waals surface area contributed by atoms with Crippen LogP contribution < -0.4 is 14.8 Å². The van der Waals surface area contributed by atoms with Gasteiger partial charge < -0.3 is 10.1 Å².